The van der Waals surface area contributed by atoms with E-state index in [1.165, 1.54) is 0 Å². The Morgan fingerprint density at radius 1 is 1.69 bits per heavy atom. The van der Waals surface area contributed by atoms with Gasteiger partial charge in [0.25, 0.3) is 0 Å². The number of hydrogen-bond donors (Lipinski definition) is 4. The smallest absolute Gasteiger partial charge is 0.314 e. The molecule has 0 aromatic carbocycles. The molecule has 0 aliphatic carbocycles. The van der Waals surface area contributed by atoms with Crippen molar-refractivity contribution in [1.82, 2.24) is 15.2 Å². The average molecular weight is 185 g/mol. The van der Waals surface area contributed by atoms with Crippen LogP contribution in [-0.2, 0) is 4.79 Å². The molecular formula is C6H11N5O2. The summed E-state index contributed by atoms with van der Waals surface area (Å²) in [6.45, 7) is 0.275. The number of rotatable bonds is 4. The summed E-state index contributed by atoms with van der Waals surface area (Å²) in [5.41, 5.74) is 10.5. The van der Waals surface area contributed by atoms with Gasteiger partial charge in [0.05, 0.1) is 0 Å². The van der Waals surface area contributed by atoms with Crippen LogP contribution >= 0.6 is 0 Å². The molecule has 7 heteroatoms. The second-order valence-electron chi connectivity index (χ2n) is 2.55. The highest BCUT2D eigenvalue weighted by molar-refractivity contribution is 5.74. The number of nitrogens with zero attached hydrogens (tertiary/aromatic N) is 2. The van der Waals surface area contributed by atoms with Crippen LogP contribution in [-0.4, -0.2) is 32.8 Å². The van der Waals surface area contributed by atoms with E-state index in [2.05, 4.69) is 15.2 Å². The van der Waals surface area contributed by atoms with Gasteiger partial charge in [-0.05, 0) is 13.0 Å². The number of nitrogen functional groups attached to an aromatic ring is 1. The molecule has 0 aliphatic rings. The number of H-pyrrole nitrogens is 1. The fraction of sp³-hybridized carbons (Fsp3) is 0.500. The maximum Gasteiger partial charge on any atom is 0.314 e. The Hall–Kier alpha value is -1.63. The first kappa shape index (κ1) is 9.46. The van der Waals surface area contributed by atoms with Crippen molar-refractivity contribution in [2.24, 2.45) is 5.73 Å². The van der Waals surface area contributed by atoms with E-state index in [1.54, 1.807) is 0 Å². The number of aliphatic carboxylic acids is 1. The van der Waals surface area contributed by atoms with Gasteiger partial charge in [0.2, 0.25) is 5.95 Å². The summed E-state index contributed by atoms with van der Waals surface area (Å²) in [5.74, 6) is -1.45. The van der Waals surface area contributed by atoms with E-state index in [1.807, 2.05) is 0 Å². The van der Waals surface area contributed by atoms with E-state index in [0.717, 1.165) is 0 Å². The molecule has 0 aliphatic heterocycles. The van der Waals surface area contributed by atoms with Crippen molar-refractivity contribution in [3.8, 4) is 0 Å². The Balaban J connectivity index is 2.81. The third-order valence-electron chi connectivity index (χ3n) is 1.60. The zero-order chi connectivity index (χ0) is 9.84. The Morgan fingerprint density at radius 3 is 2.77 bits per heavy atom. The predicted molar refractivity (Wildman–Crippen MR) is 44.8 cm³/mol. The number of aromatic nitrogens is 3. The van der Waals surface area contributed by atoms with Gasteiger partial charge in [0.15, 0.2) is 0 Å². The fourth-order valence-corrected chi connectivity index (χ4v) is 0.988. The number of carbonyl (C=O) groups is 1. The minimum Gasteiger partial charge on any atom is -0.481 e. The molecule has 0 saturated heterocycles. The average Bonchev–Trinajstić information content (AvgIpc) is 2.46. The highest BCUT2D eigenvalue weighted by Gasteiger charge is 2.22. The monoisotopic (exact) mass is 185 g/mol. The number of carboxylic acid groups (broad SMARTS) is 1. The second kappa shape index (κ2) is 3.85. The molecule has 1 aromatic heterocycles. The Kier molecular flexibility index (Phi) is 2.80. The number of anilines is 1. The normalized spacial score (nSPS) is 12.7. The lowest BCUT2D eigenvalue weighted by Gasteiger charge is -2.05. The summed E-state index contributed by atoms with van der Waals surface area (Å²) >= 11 is 0. The SMILES string of the molecule is NCCC(C(=O)O)c1nc(N)n[nH]1. The zero-order valence-corrected chi connectivity index (χ0v) is 6.90. The molecule has 13 heavy (non-hydrogen) atoms. The van der Waals surface area contributed by atoms with Crippen molar-refractivity contribution >= 4 is 11.9 Å². The summed E-state index contributed by atoms with van der Waals surface area (Å²) in [6.07, 6.45) is 0.309. The van der Waals surface area contributed by atoms with Gasteiger partial charge in [0.1, 0.15) is 11.7 Å². The highest BCUT2D eigenvalue weighted by atomic mass is 16.4. The summed E-state index contributed by atoms with van der Waals surface area (Å²) in [7, 11) is 0. The molecule has 1 heterocycles. The first-order valence-corrected chi connectivity index (χ1v) is 3.75. The maximum absolute atomic E-state index is 10.7. The topological polar surface area (TPSA) is 131 Å². The van der Waals surface area contributed by atoms with Gasteiger partial charge < -0.3 is 16.6 Å². The molecule has 7 nitrogen and oxygen atoms in total. The van der Waals surface area contributed by atoms with Gasteiger partial charge >= 0.3 is 5.97 Å². The molecule has 0 spiro atoms. The Morgan fingerprint density at radius 2 is 2.38 bits per heavy atom. The van der Waals surface area contributed by atoms with Crippen LogP contribution in [0.25, 0.3) is 0 Å². The molecule has 0 amide bonds. The molecule has 72 valence electrons. The number of hydrogen-bond acceptors (Lipinski definition) is 5. The minimum absolute atomic E-state index is 0.0401. The van der Waals surface area contributed by atoms with E-state index >= 15 is 0 Å². The van der Waals surface area contributed by atoms with Crippen molar-refractivity contribution in [1.29, 1.82) is 0 Å². The van der Waals surface area contributed by atoms with Crippen LogP contribution in [0.4, 0.5) is 5.95 Å². The van der Waals surface area contributed by atoms with E-state index in [-0.39, 0.29) is 18.3 Å². The molecule has 1 rings (SSSR count). The lowest BCUT2D eigenvalue weighted by atomic mass is 10.1. The first-order chi connectivity index (χ1) is 6.15. The largest absolute Gasteiger partial charge is 0.481 e. The van der Waals surface area contributed by atoms with Gasteiger partial charge in [-0.25, -0.2) is 0 Å². The lowest BCUT2D eigenvalue weighted by molar-refractivity contribution is -0.139. The predicted octanol–water partition coefficient (Wildman–Crippen LogP) is -1.10. The van der Waals surface area contributed by atoms with Crippen LogP contribution in [0.15, 0.2) is 0 Å². The van der Waals surface area contributed by atoms with Crippen molar-refractivity contribution in [3.05, 3.63) is 5.82 Å². The van der Waals surface area contributed by atoms with E-state index in [4.69, 9.17) is 16.6 Å². The van der Waals surface area contributed by atoms with Gasteiger partial charge in [-0.1, -0.05) is 0 Å². The zero-order valence-electron chi connectivity index (χ0n) is 6.90. The summed E-state index contributed by atoms with van der Waals surface area (Å²) in [6, 6.07) is 0. The van der Waals surface area contributed by atoms with Crippen LogP contribution < -0.4 is 11.5 Å². The van der Waals surface area contributed by atoms with Crippen molar-refractivity contribution < 1.29 is 9.90 Å². The van der Waals surface area contributed by atoms with Gasteiger partial charge in [-0.15, -0.1) is 5.10 Å². The molecule has 1 unspecified atom stereocenters. The van der Waals surface area contributed by atoms with Crippen LogP contribution in [0, 0.1) is 0 Å². The third-order valence-corrected chi connectivity index (χ3v) is 1.60. The minimum atomic E-state index is -0.985. The molecule has 1 atom stereocenters. The van der Waals surface area contributed by atoms with Crippen molar-refractivity contribution in [3.63, 3.8) is 0 Å². The first-order valence-electron chi connectivity index (χ1n) is 3.75. The van der Waals surface area contributed by atoms with Gasteiger partial charge in [-0.3, -0.25) is 9.89 Å². The van der Waals surface area contributed by atoms with Crippen LogP contribution in [0.1, 0.15) is 18.2 Å². The summed E-state index contributed by atoms with van der Waals surface area (Å²) in [5, 5.41) is 14.8. The van der Waals surface area contributed by atoms with E-state index < -0.39 is 11.9 Å². The standard InChI is InChI=1S/C6H11N5O2/c7-2-1-3(5(12)13)4-9-6(8)11-10-4/h3H,1-2,7H2,(H,12,13)(H3,8,9,10,11). The number of nitrogens with one attached hydrogen (secondary N) is 1. The molecule has 0 bridgehead atoms. The number of nitrogens with two attached hydrogens (primary N) is 2. The quantitative estimate of drug-likeness (QED) is 0.471. The third kappa shape index (κ3) is 2.15. The molecule has 0 radical (unpaired) electrons. The van der Waals surface area contributed by atoms with Gasteiger partial charge in [-0.2, -0.15) is 4.98 Å². The Bertz CT molecular complexity index is 297. The van der Waals surface area contributed by atoms with E-state index in [0.29, 0.717) is 6.42 Å². The molecular weight excluding hydrogens is 174 g/mol. The molecule has 6 N–H and O–H groups in total. The molecule has 0 fully saturated rings. The summed E-state index contributed by atoms with van der Waals surface area (Å²) in [4.78, 5) is 14.4. The summed E-state index contributed by atoms with van der Waals surface area (Å²) < 4.78 is 0. The lowest BCUT2D eigenvalue weighted by Crippen LogP contribution is -2.17. The maximum atomic E-state index is 10.7. The van der Waals surface area contributed by atoms with Crippen molar-refractivity contribution in [2.45, 2.75) is 12.3 Å². The highest BCUT2D eigenvalue weighted by Crippen LogP contribution is 2.15. The van der Waals surface area contributed by atoms with Crippen molar-refractivity contribution in [2.75, 3.05) is 12.3 Å². The van der Waals surface area contributed by atoms with Gasteiger partial charge in [0, 0.05) is 0 Å². The van der Waals surface area contributed by atoms with Crippen LogP contribution in [0.2, 0.25) is 0 Å². The van der Waals surface area contributed by atoms with E-state index in [9.17, 15) is 4.79 Å². The fourth-order valence-electron chi connectivity index (χ4n) is 0.988. The number of aromatic amines is 1. The van der Waals surface area contributed by atoms with Crippen LogP contribution in [0.3, 0.4) is 0 Å². The number of carboxylic acids is 1. The Labute approximate surface area is 74.1 Å². The molecule has 1 aromatic rings. The second-order valence-corrected chi connectivity index (χ2v) is 2.55. The molecule has 0 saturated carbocycles. The van der Waals surface area contributed by atoms with Crippen LogP contribution in [0.5, 0.6) is 0 Å².